The van der Waals surface area contributed by atoms with Crippen LogP contribution in [0.1, 0.15) is 41.9 Å². The molecule has 0 saturated carbocycles. The molecule has 1 fully saturated rings. The molecule has 4 rings (SSSR count). The van der Waals surface area contributed by atoms with Gasteiger partial charge in [0.05, 0.1) is 24.0 Å². The quantitative estimate of drug-likeness (QED) is 0.396. The molecule has 1 aromatic heterocycles. The van der Waals surface area contributed by atoms with E-state index in [0.29, 0.717) is 18.0 Å². The van der Waals surface area contributed by atoms with Crippen molar-refractivity contribution in [1.82, 2.24) is 5.32 Å². The molecule has 1 saturated heterocycles. The number of nitrogens with one attached hydrogen (secondary N) is 1. The Hall–Kier alpha value is -2.12. The predicted molar refractivity (Wildman–Crippen MR) is 142 cm³/mol. The number of esters is 1. The summed E-state index contributed by atoms with van der Waals surface area (Å²) >= 11 is 7.92. The Bertz CT molecular complexity index is 1180. The molecule has 0 bridgehead atoms. The number of carbonyl (C=O) groups is 1. The van der Waals surface area contributed by atoms with Gasteiger partial charge in [-0.25, -0.2) is 4.79 Å². The van der Waals surface area contributed by atoms with Gasteiger partial charge in [0.25, 0.3) is 0 Å². The van der Waals surface area contributed by atoms with Gasteiger partial charge >= 0.3 is 5.97 Å². The first-order valence-electron chi connectivity index (χ1n) is 11.8. The van der Waals surface area contributed by atoms with Gasteiger partial charge in [0.1, 0.15) is 0 Å². The lowest BCUT2D eigenvalue weighted by molar-refractivity contribution is 0.0601. The van der Waals surface area contributed by atoms with E-state index in [9.17, 15) is 9.90 Å². The Balaban J connectivity index is 1.63. The van der Waals surface area contributed by atoms with Gasteiger partial charge in [-0.05, 0) is 75.9 Å². The van der Waals surface area contributed by atoms with E-state index in [1.165, 1.54) is 12.0 Å². The molecule has 34 heavy (non-hydrogen) atoms. The fourth-order valence-electron chi connectivity index (χ4n) is 4.82. The van der Waals surface area contributed by atoms with Crippen LogP contribution in [0.4, 0.5) is 5.69 Å². The summed E-state index contributed by atoms with van der Waals surface area (Å²) < 4.78 is 6.32. The SMILES string of the molecule is COC(=O)c1cc(-c2c(C)sc3cc(Cl)ccc23)ccc1N1CCC[C@@H](CNCC(C)(C)O)C1. The lowest BCUT2D eigenvalue weighted by atomic mass is 9.95. The number of methoxy groups -OCH3 is 1. The number of carbonyl (C=O) groups excluding carboxylic acids is 1. The van der Waals surface area contributed by atoms with Crippen molar-refractivity contribution >= 4 is 44.7 Å². The van der Waals surface area contributed by atoms with Gasteiger partial charge in [0.15, 0.2) is 0 Å². The van der Waals surface area contributed by atoms with Gasteiger partial charge in [0, 0.05) is 45.2 Å². The highest BCUT2D eigenvalue weighted by Crippen LogP contribution is 2.41. The first kappa shape index (κ1) is 25.0. The summed E-state index contributed by atoms with van der Waals surface area (Å²) in [5.41, 5.74) is 2.94. The van der Waals surface area contributed by atoms with Crippen LogP contribution in [0.5, 0.6) is 0 Å². The molecule has 2 aromatic carbocycles. The van der Waals surface area contributed by atoms with E-state index in [2.05, 4.69) is 35.3 Å². The molecule has 0 radical (unpaired) electrons. The van der Waals surface area contributed by atoms with Gasteiger partial charge in [-0.2, -0.15) is 0 Å². The standard InChI is InChI=1S/C27H33ClN2O3S/c1-17-25(21-9-8-20(28)13-24(21)34-17)19-7-10-23(22(12-19)26(31)33-4)30-11-5-6-18(15-30)14-29-16-27(2,3)32/h7-10,12-13,18,29,32H,5-6,11,14-16H2,1-4H3/t18-/m0/s1. The van der Waals surface area contributed by atoms with E-state index in [4.69, 9.17) is 16.3 Å². The third-order valence-corrected chi connectivity index (χ3v) is 7.67. The maximum Gasteiger partial charge on any atom is 0.339 e. The van der Waals surface area contributed by atoms with E-state index < -0.39 is 5.60 Å². The van der Waals surface area contributed by atoms with Crippen LogP contribution in [-0.2, 0) is 4.74 Å². The molecule has 5 nitrogen and oxygen atoms in total. The molecule has 0 unspecified atom stereocenters. The highest BCUT2D eigenvalue weighted by molar-refractivity contribution is 7.19. The minimum Gasteiger partial charge on any atom is -0.465 e. The summed E-state index contributed by atoms with van der Waals surface area (Å²) in [5.74, 6) is 0.133. The molecule has 2 N–H and O–H groups in total. The Kier molecular flexibility index (Phi) is 7.53. The smallest absolute Gasteiger partial charge is 0.339 e. The highest BCUT2D eigenvalue weighted by atomic mass is 35.5. The monoisotopic (exact) mass is 500 g/mol. The van der Waals surface area contributed by atoms with Crippen molar-refractivity contribution in [3.8, 4) is 11.1 Å². The minimum absolute atomic E-state index is 0.320. The maximum atomic E-state index is 12.9. The molecule has 0 spiro atoms. The fourth-order valence-corrected chi connectivity index (χ4v) is 6.19. The Morgan fingerprint density at radius 3 is 2.82 bits per heavy atom. The van der Waals surface area contributed by atoms with Crippen LogP contribution in [0.25, 0.3) is 21.2 Å². The predicted octanol–water partition coefficient (Wildman–Crippen LogP) is 5.89. The number of anilines is 1. The number of piperidine rings is 1. The van der Waals surface area contributed by atoms with Crippen molar-refractivity contribution in [2.45, 2.75) is 39.2 Å². The third-order valence-electron chi connectivity index (χ3n) is 6.37. The van der Waals surface area contributed by atoms with Crippen molar-refractivity contribution < 1.29 is 14.6 Å². The zero-order valence-electron chi connectivity index (χ0n) is 20.3. The summed E-state index contributed by atoms with van der Waals surface area (Å²) in [6, 6.07) is 12.1. The van der Waals surface area contributed by atoms with E-state index >= 15 is 0 Å². The van der Waals surface area contributed by atoms with Crippen molar-refractivity contribution in [3.05, 3.63) is 51.9 Å². The van der Waals surface area contributed by atoms with Crippen molar-refractivity contribution in [2.75, 3.05) is 38.2 Å². The number of aryl methyl sites for hydroxylation is 1. The van der Waals surface area contributed by atoms with Crippen molar-refractivity contribution in [3.63, 3.8) is 0 Å². The van der Waals surface area contributed by atoms with Crippen LogP contribution in [0.15, 0.2) is 36.4 Å². The average Bonchev–Trinajstić information content (AvgIpc) is 3.12. The molecule has 1 aliphatic heterocycles. The second kappa shape index (κ2) is 10.2. The van der Waals surface area contributed by atoms with E-state index in [-0.39, 0.29) is 5.97 Å². The Labute approximate surface area is 210 Å². The number of nitrogens with zero attached hydrogens (tertiary/aromatic N) is 1. The summed E-state index contributed by atoms with van der Waals surface area (Å²) in [6.07, 6.45) is 2.19. The first-order chi connectivity index (χ1) is 16.2. The van der Waals surface area contributed by atoms with Crippen LogP contribution < -0.4 is 10.2 Å². The maximum absolute atomic E-state index is 12.9. The van der Waals surface area contributed by atoms with E-state index in [0.717, 1.165) is 64.4 Å². The Morgan fingerprint density at radius 1 is 1.29 bits per heavy atom. The molecule has 182 valence electrons. The lowest BCUT2D eigenvalue weighted by Crippen LogP contribution is -2.43. The van der Waals surface area contributed by atoms with Gasteiger partial charge < -0.3 is 20.1 Å². The van der Waals surface area contributed by atoms with E-state index in [1.54, 1.807) is 11.3 Å². The lowest BCUT2D eigenvalue weighted by Gasteiger charge is -2.36. The van der Waals surface area contributed by atoms with Crippen LogP contribution in [-0.4, -0.2) is 50.0 Å². The van der Waals surface area contributed by atoms with Gasteiger partial charge in [0.2, 0.25) is 0 Å². The zero-order chi connectivity index (χ0) is 24.5. The summed E-state index contributed by atoms with van der Waals surface area (Å²) in [7, 11) is 1.44. The molecule has 2 heterocycles. The second-order valence-electron chi connectivity index (χ2n) is 9.79. The number of rotatable bonds is 7. The number of ether oxygens (including phenoxy) is 1. The average molecular weight is 501 g/mol. The second-order valence-corrected chi connectivity index (χ2v) is 11.5. The topological polar surface area (TPSA) is 61.8 Å². The summed E-state index contributed by atoms with van der Waals surface area (Å²) in [6.45, 7) is 8.90. The van der Waals surface area contributed by atoms with E-state index in [1.807, 2.05) is 32.0 Å². The van der Waals surface area contributed by atoms with Crippen LogP contribution >= 0.6 is 22.9 Å². The molecule has 1 atom stereocenters. The molecule has 3 aromatic rings. The number of hydrogen-bond donors (Lipinski definition) is 2. The molecular weight excluding hydrogens is 468 g/mol. The van der Waals surface area contributed by atoms with Gasteiger partial charge in [-0.1, -0.05) is 23.7 Å². The summed E-state index contributed by atoms with van der Waals surface area (Å²) in [5, 5.41) is 15.2. The zero-order valence-corrected chi connectivity index (χ0v) is 21.9. The molecule has 0 amide bonds. The number of fused-ring (bicyclic) bond motifs is 1. The van der Waals surface area contributed by atoms with Crippen molar-refractivity contribution in [2.24, 2.45) is 5.92 Å². The molecule has 0 aliphatic carbocycles. The van der Waals surface area contributed by atoms with Crippen LogP contribution in [0.3, 0.4) is 0 Å². The normalized spacial score (nSPS) is 16.8. The Morgan fingerprint density at radius 2 is 2.09 bits per heavy atom. The molecule has 7 heteroatoms. The molecular formula is C27H33ClN2O3S. The first-order valence-corrected chi connectivity index (χ1v) is 12.9. The third kappa shape index (κ3) is 5.57. The van der Waals surface area contributed by atoms with Gasteiger partial charge in [-0.3, -0.25) is 0 Å². The number of thiophene rings is 1. The number of hydrogen-bond acceptors (Lipinski definition) is 6. The highest BCUT2D eigenvalue weighted by Gasteiger charge is 2.25. The minimum atomic E-state index is -0.725. The largest absolute Gasteiger partial charge is 0.465 e. The number of aliphatic hydroxyl groups is 1. The number of halogens is 1. The van der Waals surface area contributed by atoms with Crippen LogP contribution in [0, 0.1) is 12.8 Å². The number of benzene rings is 2. The summed E-state index contributed by atoms with van der Waals surface area (Å²) in [4.78, 5) is 16.3. The molecule has 1 aliphatic rings. The van der Waals surface area contributed by atoms with Crippen LogP contribution in [0.2, 0.25) is 5.02 Å². The van der Waals surface area contributed by atoms with Crippen molar-refractivity contribution in [1.29, 1.82) is 0 Å². The van der Waals surface area contributed by atoms with Gasteiger partial charge in [-0.15, -0.1) is 11.3 Å². The fraction of sp³-hybridized carbons (Fsp3) is 0.444.